The van der Waals surface area contributed by atoms with Crippen LogP contribution >= 0.6 is 0 Å². The van der Waals surface area contributed by atoms with Gasteiger partial charge in [0.2, 0.25) is 5.91 Å². The maximum atomic E-state index is 12.5. The lowest BCUT2D eigenvalue weighted by Crippen LogP contribution is -2.45. The Hall–Kier alpha value is -1.65. The van der Waals surface area contributed by atoms with Crippen molar-refractivity contribution in [3.05, 3.63) is 48.6 Å². The largest absolute Gasteiger partial charge is 0.394 e. The second-order valence-corrected chi connectivity index (χ2v) is 23.9. The molecular formula is C72H137NO3. The van der Waals surface area contributed by atoms with Crippen molar-refractivity contribution >= 4 is 5.91 Å². The van der Waals surface area contributed by atoms with E-state index in [0.717, 1.165) is 38.5 Å². The van der Waals surface area contributed by atoms with Crippen molar-refractivity contribution in [3.63, 3.8) is 0 Å². The molecule has 0 aliphatic rings. The number of rotatable bonds is 65. The minimum absolute atomic E-state index is 0.0718. The number of nitrogens with one attached hydrogen (secondary N) is 1. The van der Waals surface area contributed by atoms with Gasteiger partial charge in [0.25, 0.3) is 0 Å². The molecule has 4 nitrogen and oxygen atoms in total. The number of unbranched alkanes of at least 4 members (excludes halogenated alkanes) is 52. The molecule has 0 radical (unpaired) electrons. The molecule has 0 aromatic carbocycles. The van der Waals surface area contributed by atoms with E-state index in [2.05, 4.69) is 55.6 Å². The maximum absolute atomic E-state index is 12.5. The summed E-state index contributed by atoms with van der Waals surface area (Å²) in [4.78, 5) is 12.5. The third-order valence-corrected chi connectivity index (χ3v) is 16.3. The van der Waals surface area contributed by atoms with E-state index in [0.29, 0.717) is 6.42 Å². The maximum Gasteiger partial charge on any atom is 0.220 e. The molecular weight excluding hydrogens is 927 g/mol. The molecule has 0 aromatic rings. The van der Waals surface area contributed by atoms with Gasteiger partial charge in [-0.2, -0.15) is 0 Å². The van der Waals surface area contributed by atoms with E-state index in [-0.39, 0.29) is 12.5 Å². The van der Waals surface area contributed by atoms with Gasteiger partial charge in [-0.05, 0) is 70.6 Å². The first-order valence-electron chi connectivity index (χ1n) is 34.9. The number of hydrogen-bond acceptors (Lipinski definition) is 3. The second kappa shape index (κ2) is 67.6. The van der Waals surface area contributed by atoms with Gasteiger partial charge >= 0.3 is 0 Å². The minimum Gasteiger partial charge on any atom is -0.394 e. The smallest absolute Gasteiger partial charge is 0.220 e. The van der Waals surface area contributed by atoms with Crippen LogP contribution in [0.25, 0.3) is 0 Å². The molecule has 0 saturated carbocycles. The summed E-state index contributed by atoms with van der Waals surface area (Å²) in [7, 11) is 0. The Bertz CT molecular complexity index is 1210. The number of carbonyl (C=O) groups is 1. The van der Waals surface area contributed by atoms with E-state index in [4.69, 9.17) is 0 Å². The number of amides is 1. The average Bonchev–Trinajstić information content (AvgIpc) is 3.42. The fourth-order valence-corrected chi connectivity index (χ4v) is 11.0. The van der Waals surface area contributed by atoms with Crippen molar-refractivity contribution in [2.75, 3.05) is 6.61 Å². The van der Waals surface area contributed by atoms with Crippen LogP contribution in [-0.4, -0.2) is 34.9 Å². The summed E-state index contributed by atoms with van der Waals surface area (Å²) in [6.45, 7) is 4.34. The monoisotopic (exact) mass is 1060 g/mol. The number of aliphatic hydroxyl groups excluding tert-OH is 2. The highest BCUT2D eigenvalue weighted by Crippen LogP contribution is 2.18. The van der Waals surface area contributed by atoms with Crippen molar-refractivity contribution in [1.82, 2.24) is 5.32 Å². The van der Waals surface area contributed by atoms with Gasteiger partial charge < -0.3 is 15.5 Å². The number of aliphatic hydroxyl groups is 2. The molecule has 76 heavy (non-hydrogen) atoms. The number of hydrogen-bond donors (Lipinski definition) is 3. The van der Waals surface area contributed by atoms with Crippen LogP contribution in [0.4, 0.5) is 0 Å². The lowest BCUT2D eigenvalue weighted by Gasteiger charge is -2.19. The van der Waals surface area contributed by atoms with Gasteiger partial charge in [0.05, 0.1) is 18.8 Å². The zero-order valence-electron chi connectivity index (χ0n) is 51.8. The van der Waals surface area contributed by atoms with Gasteiger partial charge in [0, 0.05) is 6.42 Å². The van der Waals surface area contributed by atoms with Crippen molar-refractivity contribution in [1.29, 1.82) is 0 Å². The Kier molecular flexibility index (Phi) is 66.2. The van der Waals surface area contributed by atoms with Gasteiger partial charge in [-0.1, -0.05) is 358 Å². The average molecular weight is 1060 g/mol. The Morgan fingerprint density at radius 1 is 0.303 bits per heavy atom. The quantitative estimate of drug-likeness (QED) is 0.0420. The Morgan fingerprint density at radius 3 is 0.763 bits per heavy atom. The summed E-state index contributed by atoms with van der Waals surface area (Å²) in [6, 6.07) is -0.647. The number of carbonyl (C=O) groups excluding carboxylic acids is 1. The van der Waals surface area contributed by atoms with Crippen LogP contribution in [0.1, 0.15) is 386 Å². The molecule has 4 heteroatoms. The van der Waals surface area contributed by atoms with Gasteiger partial charge in [-0.3, -0.25) is 4.79 Å². The van der Waals surface area contributed by atoms with Gasteiger partial charge in [0.1, 0.15) is 0 Å². The van der Waals surface area contributed by atoms with Gasteiger partial charge in [-0.25, -0.2) is 0 Å². The molecule has 0 fully saturated rings. The first kappa shape index (κ1) is 74.3. The highest BCUT2D eigenvalue weighted by Gasteiger charge is 2.18. The fraction of sp³-hybridized carbons (Fsp3) is 0.875. The molecule has 0 heterocycles. The van der Waals surface area contributed by atoms with Crippen molar-refractivity contribution < 1.29 is 15.0 Å². The predicted octanol–water partition coefficient (Wildman–Crippen LogP) is 23.7. The first-order valence-corrected chi connectivity index (χ1v) is 34.9. The summed E-state index contributed by atoms with van der Waals surface area (Å²) >= 11 is 0. The van der Waals surface area contributed by atoms with Crippen LogP contribution in [0.3, 0.4) is 0 Å². The van der Waals surface area contributed by atoms with Crippen LogP contribution in [0.15, 0.2) is 48.6 Å². The highest BCUT2D eigenvalue weighted by molar-refractivity contribution is 5.76. The van der Waals surface area contributed by atoms with E-state index in [1.165, 1.54) is 327 Å². The third-order valence-electron chi connectivity index (χ3n) is 16.3. The Balaban J connectivity index is 3.45. The van der Waals surface area contributed by atoms with Crippen LogP contribution in [-0.2, 0) is 4.79 Å². The predicted molar refractivity (Wildman–Crippen MR) is 341 cm³/mol. The summed E-state index contributed by atoms with van der Waals surface area (Å²) in [5.41, 5.74) is 0. The van der Waals surface area contributed by atoms with Gasteiger partial charge in [0.15, 0.2) is 0 Å². The Morgan fingerprint density at radius 2 is 0.513 bits per heavy atom. The lowest BCUT2D eigenvalue weighted by molar-refractivity contribution is -0.123. The third kappa shape index (κ3) is 63.2. The molecule has 1 amide bonds. The molecule has 448 valence electrons. The van der Waals surface area contributed by atoms with Gasteiger partial charge in [-0.15, -0.1) is 0 Å². The van der Waals surface area contributed by atoms with Crippen LogP contribution in [0.2, 0.25) is 0 Å². The molecule has 0 saturated heterocycles. The molecule has 2 unspecified atom stereocenters. The zero-order valence-corrected chi connectivity index (χ0v) is 51.8. The molecule has 0 aliphatic heterocycles. The van der Waals surface area contributed by atoms with E-state index in [9.17, 15) is 15.0 Å². The molecule has 0 bridgehead atoms. The Labute approximate surface area is 477 Å². The SMILES string of the molecule is CCCCCCCCCCCCCCCCC/C=C/CC/C=C/CC/C=C/C(O)C(CO)NC(=O)CCCCCCCCCCCCCCCCCCC/C=C\CCCCCCCCCCCCCCCCCCCC. The summed E-state index contributed by atoms with van der Waals surface area (Å²) in [5.74, 6) is -0.0718. The van der Waals surface area contributed by atoms with E-state index >= 15 is 0 Å². The van der Waals surface area contributed by atoms with E-state index in [1.54, 1.807) is 6.08 Å². The first-order chi connectivity index (χ1) is 37.7. The molecule has 2 atom stereocenters. The van der Waals surface area contributed by atoms with Crippen molar-refractivity contribution in [3.8, 4) is 0 Å². The molecule has 0 spiro atoms. The fourth-order valence-electron chi connectivity index (χ4n) is 11.0. The molecule has 3 N–H and O–H groups in total. The van der Waals surface area contributed by atoms with Crippen molar-refractivity contribution in [2.45, 2.75) is 398 Å². The standard InChI is InChI=1S/C72H137NO3/c1-3-5-7-9-11-13-15-17-19-21-23-25-27-29-30-31-32-33-34-35-36-37-38-39-40-41-42-44-46-48-50-52-54-56-58-60-62-64-66-68-72(76)73-70(69-74)71(75)67-65-63-61-59-57-55-53-51-49-47-45-43-28-26-24-22-20-18-16-14-12-10-8-6-4-2/h35-36,49,51,57,59,65,67,70-71,74-75H,3-34,37-48,50,52-56,58,60-64,66,68-69H2,1-2H3,(H,73,76)/b36-35-,51-49+,59-57+,67-65+. The van der Waals surface area contributed by atoms with Crippen molar-refractivity contribution in [2.24, 2.45) is 0 Å². The number of allylic oxidation sites excluding steroid dienone is 7. The normalized spacial score (nSPS) is 12.9. The summed E-state index contributed by atoms with van der Waals surface area (Å²) < 4.78 is 0. The van der Waals surface area contributed by atoms with Crippen LogP contribution < -0.4 is 5.32 Å². The minimum atomic E-state index is -0.872. The van der Waals surface area contributed by atoms with Crippen LogP contribution in [0.5, 0.6) is 0 Å². The summed E-state index contributed by atoms with van der Waals surface area (Å²) in [6.07, 6.45) is 95.0. The molecule has 0 aliphatic carbocycles. The molecule has 0 rings (SSSR count). The lowest BCUT2D eigenvalue weighted by atomic mass is 10.0. The highest BCUT2D eigenvalue weighted by atomic mass is 16.3. The topological polar surface area (TPSA) is 69.6 Å². The summed E-state index contributed by atoms with van der Waals surface area (Å²) in [5, 5.41) is 23.2. The molecule has 0 aromatic heterocycles. The van der Waals surface area contributed by atoms with E-state index in [1.807, 2.05) is 6.08 Å². The zero-order chi connectivity index (χ0) is 54.8. The second-order valence-electron chi connectivity index (χ2n) is 23.9. The van der Waals surface area contributed by atoms with E-state index < -0.39 is 12.1 Å². The van der Waals surface area contributed by atoms with Crippen LogP contribution in [0, 0.1) is 0 Å².